The highest BCUT2D eigenvalue weighted by molar-refractivity contribution is 7.30. The van der Waals surface area contributed by atoms with Crippen molar-refractivity contribution in [2.75, 3.05) is 0 Å². The smallest absolute Gasteiger partial charge is 0.314 e. The van der Waals surface area contributed by atoms with Crippen LogP contribution in [-0.4, -0.2) is 9.79 Å². The second-order valence-corrected chi connectivity index (χ2v) is 8.62. The number of rotatable bonds is 11. The molecule has 0 heterocycles. The summed E-state index contributed by atoms with van der Waals surface area (Å²) in [5.74, 6) is 0. The fraction of sp³-hybridized carbons (Fsp3) is 0.462. The molecule has 164 valence electrons. The minimum absolute atomic E-state index is 1.21. The molecule has 0 bridgehead atoms. The fourth-order valence-corrected chi connectivity index (χ4v) is 4.05. The molecule has 0 saturated carbocycles. The van der Waals surface area contributed by atoms with E-state index in [1.165, 1.54) is 97.7 Å². The van der Waals surface area contributed by atoms with Gasteiger partial charge in [0.1, 0.15) is 0 Å². The molecule has 0 aliphatic rings. The van der Waals surface area contributed by atoms with Crippen molar-refractivity contribution < 1.29 is 14.4 Å². The third-order valence-corrected chi connectivity index (χ3v) is 5.64. The fourth-order valence-electron chi connectivity index (χ4n) is 4.05. The summed E-state index contributed by atoms with van der Waals surface area (Å²) in [4.78, 5) is 14.3. The van der Waals surface area contributed by atoms with Crippen molar-refractivity contribution in [1.82, 2.24) is 0 Å². The topological polar surface area (TPSA) is 57.5 Å². The van der Waals surface area contributed by atoms with Crippen LogP contribution in [0.4, 0.5) is 0 Å². The summed E-state index contributed by atoms with van der Waals surface area (Å²) in [6.45, 7) is 2.29. The summed E-state index contributed by atoms with van der Waals surface area (Å²) in [5, 5.41) is 5.53. The second kappa shape index (κ2) is 14.4. The first kappa shape index (κ1) is 24.6. The largest absolute Gasteiger partial charge is 0.326 e. The van der Waals surface area contributed by atoms with Crippen LogP contribution in [0.1, 0.15) is 76.7 Å². The first-order valence-corrected chi connectivity index (χ1v) is 12.7. The van der Waals surface area contributed by atoms with E-state index in [2.05, 4.69) is 61.5 Å². The minimum atomic E-state index is -3.13. The van der Waals surface area contributed by atoms with Crippen LogP contribution >= 0.6 is 8.25 Å². The molecule has 3 nitrogen and oxygen atoms in total. The van der Waals surface area contributed by atoms with Crippen molar-refractivity contribution in [3.8, 4) is 0 Å². The zero-order valence-corrected chi connectivity index (χ0v) is 19.3. The monoisotopic (exact) mass is 428 g/mol. The van der Waals surface area contributed by atoms with E-state index in [0.717, 1.165) is 0 Å². The average molecular weight is 429 g/mol. The second-order valence-electron chi connectivity index (χ2n) is 8.05. The Bertz CT molecular complexity index is 903. The standard InChI is InChI=1S/C26H34.H3O3P/c1-2-3-4-5-6-7-8-9-10-11-15-22-18-14-19-25-20-23-16-12-13-17-24(23)21-26(22)25;1-4(2)3/h12-14,16-21H,2-11,15H2,1H3;4H,(H2,1,2,3). The summed E-state index contributed by atoms with van der Waals surface area (Å²) in [7, 11) is -3.13. The Morgan fingerprint density at radius 3 is 1.77 bits per heavy atom. The molecule has 0 aliphatic carbocycles. The highest BCUT2D eigenvalue weighted by atomic mass is 31.1. The van der Waals surface area contributed by atoms with Crippen molar-refractivity contribution in [1.29, 1.82) is 0 Å². The van der Waals surface area contributed by atoms with Crippen LogP contribution in [0.25, 0.3) is 21.5 Å². The molecule has 3 aromatic carbocycles. The van der Waals surface area contributed by atoms with Gasteiger partial charge in [-0.25, -0.2) is 0 Å². The third-order valence-electron chi connectivity index (χ3n) is 5.64. The summed E-state index contributed by atoms with van der Waals surface area (Å²) >= 11 is 0. The Morgan fingerprint density at radius 1 is 0.667 bits per heavy atom. The zero-order valence-electron chi connectivity index (χ0n) is 18.3. The number of fused-ring (bicyclic) bond motifs is 2. The maximum atomic E-state index is 8.74. The number of hydrogen-bond donors (Lipinski definition) is 2. The molecule has 3 aromatic rings. The van der Waals surface area contributed by atoms with Crippen LogP contribution in [0.5, 0.6) is 0 Å². The molecule has 0 aromatic heterocycles. The van der Waals surface area contributed by atoms with Gasteiger partial charge >= 0.3 is 8.25 Å². The highest BCUT2D eigenvalue weighted by Gasteiger charge is 2.03. The minimum Gasteiger partial charge on any atom is -0.326 e. The lowest BCUT2D eigenvalue weighted by Crippen LogP contribution is -1.89. The van der Waals surface area contributed by atoms with Crippen molar-refractivity contribution >= 4 is 29.8 Å². The molecular weight excluding hydrogens is 391 g/mol. The van der Waals surface area contributed by atoms with Gasteiger partial charge in [-0.2, -0.15) is 0 Å². The molecule has 0 atom stereocenters. The van der Waals surface area contributed by atoms with E-state index in [-0.39, 0.29) is 0 Å². The van der Waals surface area contributed by atoms with Gasteiger partial charge in [0.2, 0.25) is 0 Å². The Kier molecular flexibility index (Phi) is 11.8. The highest BCUT2D eigenvalue weighted by Crippen LogP contribution is 2.26. The van der Waals surface area contributed by atoms with E-state index >= 15 is 0 Å². The van der Waals surface area contributed by atoms with Crippen LogP contribution in [0.2, 0.25) is 0 Å². The molecule has 0 radical (unpaired) electrons. The summed E-state index contributed by atoms with van der Waals surface area (Å²) in [5.41, 5.74) is 1.52. The molecule has 0 spiro atoms. The molecule has 0 unspecified atom stereocenters. The lowest BCUT2D eigenvalue weighted by atomic mass is 9.96. The summed E-state index contributed by atoms with van der Waals surface area (Å²) in [6.07, 6.45) is 15.3. The lowest BCUT2D eigenvalue weighted by Gasteiger charge is -2.09. The van der Waals surface area contributed by atoms with Gasteiger partial charge < -0.3 is 9.79 Å². The van der Waals surface area contributed by atoms with Gasteiger partial charge in [-0.15, -0.1) is 0 Å². The molecule has 0 saturated heterocycles. The first-order valence-electron chi connectivity index (χ1n) is 11.4. The first-order chi connectivity index (χ1) is 14.6. The molecule has 0 fully saturated rings. The molecule has 30 heavy (non-hydrogen) atoms. The molecule has 3 rings (SSSR count). The Labute approximate surface area is 182 Å². The maximum Gasteiger partial charge on any atom is 0.314 e. The Hall–Kier alpha value is -1.67. The molecule has 2 N–H and O–H groups in total. The summed E-state index contributed by atoms with van der Waals surface area (Å²) in [6, 6.07) is 20.2. The van der Waals surface area contributed by atoms with Crippen molar-refractivity contribution in [3.63, 3.8) is 0 Å². The number of benzene rings is 3. The number of aryl methyl sites for hydroxylation is 1. The van der Waals surface area contributed by atoms with Crippen LogP contribution in [0.3, 0.4) is 0 Å². The number of hydrogen-bond acceptors (Lipinski definition) is 1. The van der Waals surface area contributed by atoms with Gasteiger partial charge in [0, 0.05) is 0 Å². The van der Waals surface area contributed by atoms with E-state index in [1.807, 2.05) is 0 Å². The number of unbranched alkanes of at least 4 members (excludes halogenated alkanes) is 9. The predicted octanol–water partition coefficient (Wildman–Crippen LogP) is 7.82. The van der Waals surface area contributed by atoms with Crippen molar-refractivity contribution in [2.45, 2.75) is 77.6 Å². The molecule has 0 aliphatic heterocycles. The predicted molar refractivity (Wildman–Crippen MR) is 130 cm³/mol. The molecular formula is C26H37O3P. The quantitative estimate of drug-likeness (QED) is 0.186. The van der Waals surface area contributed by atoms with E-state index in [9.17, 15) is 0 Å². The van der Waals surface area contributed by atoms with E-state index < -0.39 is 8.25 Å². The Morgan fingerprint density at radius 2 is 1.17 bits per heavy atom. The van der Waals surface area contributed by atoms with E-state index in [0.29, 0.717) is 0 Å². The van der Waals surface area contributed by atoms with Gasteiger partial charge in [-0.05, 0) is 52.1 Å². The SMILES string of the molecule is CCCCCCCCCCCCc1cccc2cc3ccccc3cc12.O=[PH](O)O. The third kappa shape index (κ3) is 9.00. The average Bonchev–Trinajstić information content (AvgIpc) is 2.73. The van der Waals surface area contributed by atoms with Gasteiger partial charge in [-0.1, -0.05) is 107 Å². The van der Waals surface area contributed by atoms with Crippen LogP contribution in [-0.2, 0) is 11.0 Å². The van der Waals surface area contributed by atoms with E-state index in [1.54, 1.807) is 0 Å². The summed E-state index contributed by atoms with van der Waals surface area (Å²) < 4.78 is 8.74. The van der Waals surface area contributed by atoms with Crippen LogP contribution in [0, 0.1) is 0 Å². The lowest BCUT2D eigenvalue weighted by molar-refractivity contribution is 0.405. The Balaban J connectivity index is 0.000000735. The van der Waals surface area contributed by atoms with Crippen molar-refractivity contribution in [2.24, 2.45) is 0 Å². The van der Waals surface area contributed by atoms with Gasteiger partial charge in [-0.3, -0.25) is 4.57 Å². The maximum absolute atomic E-state index is 8.74. The van der Waals surface area contributed by atoms with Crippen LogP contribution in [0.15, 0.2) is 54.6 Å². The van der Waals surface area contributed by atoms with Crippen LogP contribution < -0.4 is 0 Å². The molecule has 0 amide bonds. The zero-order chi connectivity index (χ0) is 21.6. The van der Waals surface area contributed by atoms with Crippen molar-refractivity contribution in [3.05, 3.63) is 60.2 Å². The van der Waals surface area contributed by atoms with Gasteiger partial charge in [0.15, 0.2) is 0 Å². The van der Waals surface area contributed by atoms with Gasteiger partial charge in [0.05, 0.1) is 0 Å². The normalized spacial score (nSPS) is 11.1. The van der Waals surface area contributed by atoms with E-state index in [4.69, 9.17) is 14.4 Å². The molecule has 4 heteroatoms. The van der Waals surface area contributed by atoms with Gasteiger partial charge in [0.25, 0.3) is 0 Å².